The van der Waals surface area contributed by atoms with Gasteiger partial charge in [0.05, 0.1) is 4.90 Å². The zero-order valence-corrected chi connectivity index (χ0v) is 15.6. The van der Waals surface area contributed by atoms with E-state index in [1.807, 2.05) is 0 Å². The summed E-state index contributed by atoms with van der Waals surface area (Å²) < 4.78 is 25.7. The first-order valence-corrected chi connectivity index (χ1v) is 10.4. The SMILES string of the molecule is CC1CCCN(c2nc(S(=O)(=O)c3ccc(Cl)cc3)c(Cl)s2)C1. The molecule has 1 aromatic carbocycles. The summed E-state index contributed by atoms with van der Waals surface area (Å²) in [7, 11) is -3.74. The van der Waals surface area contributed by atoms with Crippen molar-refractivity contribution in [3.05, 3.63) is 33.6 Å². The number of benzene rings is 1. The van der Waals surface area contributed by atoms with Crippen LogP contribution in [0.4, 0.5) is 5.13 Å². The van der Waals surface area contributed by atoms with Crippen LogP contribution < -0.4 is 4.90 Å². The highest BCUT2D eigenvalue weighted by Gasteiger charge is 2.28. The van der Waals surface area contributed by atoms with Gasteiger partial charge in [0.15, 0.2) is 10.2 Å². The molecule has 0 aliphatic carbocycles. The average Bonchev–Trinajstić information content (AvgIpc) is 2.90. The summed E-state index contributed by atoms with van der Waals surface area (Å²) in [6, 6.07) is 6.02. The third-order valence-corrected chi connectivity index (χ3v) is 7.36. The lowest BCUT2D eigenvalue weighted by molar-refractivity contribution is 0.446. The van der Waals surface area contributed by atoms with E-state index in [-0.39, 0.29) is 14.3 Å². The molecular formula is C15H16Cl2N2O2S2. The Balaban J connectivity index is 1.95. The maximum absolute atomic E-state index is 12.7. The van der Waals surface area contributed by atoms with Gasteiger partial charge < -0.3 is 4.90 Å². The lowest BCUT2D eigenvalue weighted by Crippen LogP contribution is -2.34. The molecule has 2 heterocycles. The minimum absolute atomic E-state index is 0.0697. The fourth-order valence-electron chi connectivity index (χ4n) is 2.67. The highest BCUT2D eigenvalue weighted by atomic mass is 35.5. The molecule has 2 aromatic rings. The first-order chi connectivity index (χ1) is 10.9. The Morgan fingerprint density at radius 1 is 1.26 bits per heavy atom. The van der Waals surface area contributed by atoms with Crippen LogP contribution in [0.2, 0.25) is 9.36 Å². The van der Waals surface area contributed by atoms with E-state index >= 15 is 0 Å². The van der Waals surface area contributed by atoms with Crippen LogP contribution in [0, 0.1) is 5.92 Å². The zero-order valence-electron chi connectivity index (χ0n) is 12.5. The fourth-order valence-corrected chi connectivity index (χ4v) is 5.72. The highest BCUT2D eigenvalue weighted by Crippen LogP contribution is 2.37. The van der Waals surface area contributed by atoms with Gasteiger partial charge in [-0.15, -0.1) is 0 Å². The molecule has 124 valence electrons. The Labute approximate surface area is 150 Å². The van der Waals surface area contributed by atoms with Gasteiger partial charge in [-0.2, -0.15) is 0 Å². The topological polar surface area (TPSA) is 50.3 Å². The van der Waals surface area contributed by atoms with Gasteiger partial charge in [0.2, 0.25) is 9.84 Å². The lowest BCUT2D eigenvalue weighted by Gasteiger charge is -2.30. The van der Waals surface area contributed by atoms with Crippen molar-refractivity contribution in [2.75, 3.05) is 18.0 Å². The molecule has 4 nitrogen and oxygen atoms in total. The number of piperidine rings is 1. The number of halogens is 2. The van der Waals surface area contributed by atoms with E-state index in [4.69, 9.17) is 23.2 Å². The van der Waals surface area contributed by atoms with Gasteiger partial charge in [-0.3, -0.25) is 0 Å². The summed E-state index contributed by atoms with van der Waals surface area (Å²) in [5, 5.41) is 1.09. The van der Waals surface area contributed by atoms with Crippen LogP contribution in [-0.2, 0) is 9.84 Å². The molecule has 8 heteroatoms. The minimum Gasteiger partial charge on any atom is -0.348 e. The molecule has 0 radical (unpaired) electrons. The maximum Gasteiger partial charge on any atom is 0.226 e. The molecule has 1 aliphatic rings. The second-order valence-corrected chi connectivity index (χ2v) is 9.61. The molecular weight excluding hydrogens is 375 g/mol. The molecule has 1 aliphatic heterocycles. The van der Waals surface area contributed by atoms with Crippen LogP contribution >= 0.6 is 34.5 Å². The van der Waals surface area contributed by atoms with Crippen molar-refractivity contribution in [1.29, 1.82) is 0 Å². The highest BCUT2D eigenvalue weighted by molar-refractivity contribution is 7.91. The molecule has 0 amide bonds. The largest absolute Gasteiger partial charge is 0.348 e. The lowest BCUT2D eigenvalue weighted by atomic mass is 10.0. The summed E-state index contributed by atoms with van der Waals surface area (Å²) in [5.74, 6) is 0.572. The van der Waals surface area contributed by atoms with E-state index in [1.165, 1.54) is 29.9 Å². The smallest absolute Gasteiger partial charge is 0.226 e. The number of hydrogen-bond donors (Lipinski definition) is 0. The number of anilines is 1. The third-order valence-electron chi connectivity index (χ3n) is 3.85. The van der Waals surface area contributed by atoms with E-state index in [9.17, 15) is 8.42 Å². The average molecular weight is 391 g/mol. The van der Waals surface area contributed by atoms with Gasteiger partial charge in [-0.05, 0) is 43.0 Å². The maximum atomic E-state index is 12.7. The van der Waals surface area contributed by atoms with Crippen LogP contribution in [0.15, 0.2) is 34.2 Å². The molecule has 0 N–H and O–H groups in total. The minimum atomic E-state index is -3.74. The first kappa shape index (κ1) is 17.0. The van der Waals surface area contributed by atoms with Gasteiger partial charge in [0.1, 0.15) is 4.34 Å². The summed E-state index contributed by atoms with van der Waals surface area (Å²) in [6.45, 7) is 3.95. The Kier molecular flexibility index (Phi) is 4.88. The number of rotatable bonds is 3. The van der Waals surface area contributed by atoms with Gasteiger partial charge in [-0.1, -0.05) is 41.5 Å². The van der Waals surface area contributed by atoms with Gasteiger partial charge >= 0.3 is 0 Å². The molecule has 23 heavy (non-hydrogen) atoms. The Morgan fingerprint density at radius 2 is 1.96 bits per heavy atom. The monoisotopic (exact) mass is 390 g/mol. The van der Waals surface area contributed by atoms with Crippen molar-refractivity contribution in [3.8, 4) is 0 Å². The molecule has 1 fully saturated rings. The summed E-state index contributed by atoms with van der Waals surface area (Å²) in [6.07, 6.45) is 2.27. The molecule has 1 atom stereocenters. The van der Waals surface area contributed by atoms with Crippen LogP contribution in [0.3, 0.4) is 0 Å². The molecule has 0 saturated carbocycles. The number of aromatic nitrogens is 1. The van der Waals surface area contributed by atoms with Crippen molar-refractivity contribution in [1.82, 2.24) is 4.98 Å². The molecule has 1 aromatic heterocycles. The summed E-state index contributed by atoms with van der Waals surface area (Å²) in [4.78, 5) is 6.59. The van der Waals surface area contributed by atoms with Gasteiger partial charge in [0.25, 0.3) is 0 Å². The van der Waals surface area contributed by atoms with Crippen molar-refractivity contribution < 1.29 is 8.42 Å². The second kappa shape index (κ2) is 6.59. The van der Waals surface area contributed by atoms with Crippen molar-refractivity contribution in [2.45, 2.75) is 29.7 Å². The molecule has 3 rings (SSSR count). The quantitative estimate of drug-likeness (QED) is 0.772. The summed E-state index contributed by atoms with van der Waals surface area (Å²) >= 11 is 13.2. The normalized spacial score (nSPS) is 19.1. The molecule has 1 unspecified atom stereocenters. The fraction of sp³-hybridized carbons (Fsp3) is 0.400. The Bertz CT molecular complexity index is 803. The predicted octanol–water partition coefficient (Wildman–Crippen LogP) is 4.52. The van der Waals surface area contributed by atoms with E-state index in [0.717, 1.165) is 19.5 Å². The second-order valence-electron chi connectivity index (χ2n) is 5.73. The standard InChI is InChI=1S/C15H16Cl2N2O2S2/c1-10-3-2-8-19(9-10)15-18-14(13(17)22-15)23(20,21)12-6-4-11(16)5-7-12/h4-7,10H,2-3,8-9H2,1H3. The van der Waals surface area contributed by atoms with Crippen LogP contribution in [0.1, 0.15) is 19.8 Å². The number of thiazole rings is 1. The Morgan fingerprint density at radius 3 is 2.61 bits per heavy atom. The van der Waals surface area contributed by atoms with E-state index in [0.29, 0.717) is 16.1 Å². The van der Waals surface area contributed by atoms with Gasteiger partial charge in [-0.25, -0.2) is 13.4 Å². The van der Waals surface area contributed by atoms with Crippen LogP contribution in [-0.4, -0.2) is 26.5 Å². The Hall–Kier alpha value is -0.820. The van der Waals surface area contributed by atoms with Crippen molar-refractivity contribution in [3.63, 3.8) is 0 Å². The molecule has 0 spiro atoms. The first-order valence-electron chi connectivity index (χ1n) is 7.30. The van der Waals surface area contributed by atoms with Gasteiger partial charge in [0, 0.05) is 18.1 Å². The number of hydrogen-bond acceptors (Lipinski definition) is 5. The third kappa shape index (κ3) is 3.50. The van der Waals surface area contributed by atoms with Crippen molar-refractivity contribution in [2.24, 2.45) is 5.92 Å². The van der Waals surface area contributed by atoms with E-state index in [2.05, 4.69) is 16.8 Å². The van der Waals surface area contributed by atoms with Crippen LogP contribution in [0.25, 0.3) is 0 Å². The number of nitrogens with zero attached hydrogens (tertiary/aromatic N) is 2. The summed E-state index contributed by atoms with van der Waals surface area (Å²) in [5.41, 5.74) is 0. The zero-order chi connectivity index (χ0) is 16.6. The van der Waals surface area contributed by atoms with E-state index < -0.39 is 9.84 Å². The number of sulfone groups is 1. The van der Waals surface area contributed by atoms with Crippen molar-refractivity contribution >= 4 is 49.5 Å². The molecule has 1 saturated heterocycles. The molecule has 0 bridgehead atoms. The van der Waals surface area contributed by atoms with E-state index in [1.54, 1.807) is 12.1 Å². The predicted molar refractivity (Wildman–Crippen MR) is 94.6 cm³/mol. The van der Waals surface area contributed by atoms with Crippen LogP contribution in [0.5, 0.6) is 0 Å².